The summed E-state index contributed by atoms with van der Waals surface area (Å²) in [5, 5.41) is 7.23. The first-order valence-corrected chi connectivity index (χ1v) is 12.4. The number of hydrogen-bond donors (Lipinski definition) is 3. The average Bonchev–Trinajstić information content (AvgIpc) is 3.23. The van der Waals surface area contributed by atoms with Crippen molar-refractivity contribution >= 4 is 28.1 Å². The summed E-state index contributed by atoms with van der Waals surface area (Å²) in [5.74, 6) is 6.25. The number of nitrogens with zero attached hydrogens (tertiary/aromatic N) is 3. The Bertz CT molecular complexity index is 1800. The van der Waals surface area contributed by atoms with Crippen molar-refractivity contribution in [2.24, 2.45) is 5.41 Å². The Balaban J connectivity index is 1.66. The molecule has 0 saturated carbocycles. The molecular formula is C30H29N6O2+. The molecule has 8 nitrogen and oxygen atoms in total. The van der Waals surface area contributed by atoms with Crippen molar-refractivity contribution in [1.29, 1.82) is 0 Å². The number of aromatic amines is 1. The second-order valence-electron chi connectivity index (χ2n) is 10.2. The number of pyridine rings is 1. The lowest BCUT2D eigenvalue weighted by Crippen LogP contribution is -2.33. The van der Waals surface area contributed by atoms with Crippen LogP contribution in [0, 0.1) is 17.3 Å². The van der Waals surface area contributed by atoms with E-state index in [0.717, 1.165) is 5.39 Å². The highest BCUT2D eigenvalue weighted by molar-refractivity contribution is 6.03. The van der Waals surface area contributed by atoms with Gasteiger partial charge in [-0.05, 0) is 62.3 Å². The molecule has 0 bridgehead atoms. The number of fused-ring (bicyclic) bond motifs is 2. The number of rotatable bonds is 4. The van der Waals surface area contributed by atoms with Gasteiger partial charge in [-0.1, -0.05) is 42.2 Å². The second-order valence-corrected chi connectivity index (χ2v) is 10.2. The molecule has 3 heterocycles. The van der Waals surface area contributed by atoms with Crippen LogP contribution in [0.2, 0.25) is 0 Å². The van der Waals surface area contributed by atoms with Gasteiger partial charge in [0.2, 0.25) is 0 Å². The molecule has 0 aliphatic rings. The summed E-state index contributed by atoms with van der Waals surface area (Å²) in [7, 11) is 0. The number of para-hydroxylation sites is 1. The van der Waals surface area contributed by atoms with Crippen LogP contribution in [0.3, 0.4) is 0 Å². The Morgan fingerprint density at radius 1 is 1.13 bits per heavy atom. The first-order valence-electron chi connectivity index (χ1n) is 12.4. The van der Waals surface area contributed by atoms with Crippen LogP contribution in [0.4, 0.5) is 5.82 Å². The van der Waals surface area contributed by atoms with Gasteiger partial charge in [0.15, 0.2) is 11.4 Å². The van der Waals surface area contributed by atoms with Gasteiger partial charge in [0, 0.05) is 28.4 Å². The van der Waals surface area contributed by atoms with Crippen LogP contribution >= 0.6 is 0 Å². The molecule has 2 aromatic carbocycles. The number of amides is 1. The standard InChI is InChI=1S/C30H28N6O2/c1-19(33-28(37)25-26(31)34-35-17-9-16-32-27(25)35)23-18-21-11-8-10-20(14-15-30(2,3)4)24(21)29(38)36(23)22-12-6-5-7-13-22/h5-13,16-19H,1-4H3,(H3,31,33,34,37)/p+1. The molecule has 0 radical (unpaired) electrons. The van der Waals surface area contributed by atoms with Gasteiger partial charge in [0.05, 0.1) is 11.4 Å². The number of aromatic nitrogens is 4. The predicted molar refractivity (Wildman–Crippen MR) is 148 cm³/mol. The third kappa shape index (κ3) is 4.62. The minimum atomic E-state index is -0.540. The SMILES string of the molecule is CC(NC(=O)c1c(N)[nH][n+]2cccnc12)c1cc2cccc(C#CC(C)(C)C)c2c(=O)n1-c1ccccc1. The molecule has 0 spiro atoms. The number of carbonyl (C=O) groups is 1. The molecule has 4 N–H and O–H groups in total. The number of carbonyl (C=O) groups excluding carboxylic acids is 1. The topological polar surface area (TPSA) is 110 Å². The van der Waals surface area contributed by atoms with E-state index in [1.165, 1.54) is 0 Å². The van der Waals surface area contributed by atoms with E-state index in [0.29, 0.717) is 28.0 Å². The van der Waals surface area contributed by atoms with Crippen molar-refractivity contribution in [2.45, 2.75) is 33.7 Å². The largest absolute Gasteiger partial charge is 0.382 e. The maximum atomic E-state index is 14.1. The zero-order chi connectivity index (χ0) is 27.0. The number of nitrogen functional groups attached to an aromatic ring is 1. The molecule has 0 saturated heterocycles. The van der Waals surface area contributed by atoms with Gasteiger partial charge >= 0.3 is 5.65 Å². The zero-order valence-corrected chi connectivity index (χ0v) is 21.7. The van der Waals surface area contributed by atoms with E-state index < -0.39 is 11.9 Å². The van der Waals surface area contributed by atoms with Crippen LogP contribution in [-0.4, -0.2) is 20.6 Å². The molecule has 1 unspecified atom stereocenters. The van der Waals surface area contributed by atoms with E-state index >= 15 is 0 Å². The van der Waals surface area contributed by atoms with Gasteiger partial charge < -0.3 is 11.1 Å². The number of nitrogens with one attached hydrogen (secondary N) is 2. The third-order valence-electron chi connectivity index (χ3n) is 6.16. The first kappa shape index (κ1) is 24.8. The van der Waals surface area contributed by atoms with Crippen LogP contribution in [0.15, 0.2) is 77.9 Å². The molecule has 38 heavy (non-hydrogen) atoms. The lowest BCUT2D eigenvalue weighted by atomic mass is 9.96. The Morgan fingerprint density at radius 2 is 1.89 bits per heavy atom. The van der Waals surface area contributed by atoms with Crippen molar-refractivity contribution in [3.05, 3.63) is 100 Å². The predicted octanol–water partition coefficient (Wildman–Crippen LogP) is 3.92. The van der Waals surface area contributed by atoms with Crippen LogP contribution in [0.25, 0.3) is 22.1 Å². The van der Waals surface area contributed by atoms with Gasteiger partial charge in [-0.2, -0.15) is 0 Å². The molecule has 1 amide bonds. The van der Waals surface area contributed by atoms with Gasteiger partial charge in [-0.3, -0.25) is 14.2 Å². The summed E-state index contributed by atoms with van der Waals surface area (Å²) in [5.41, 5.74) is 8.35. The van der Waals surface area contributed by atoms with Crippen molar-refractivity contribution in [3.8, 4) is 17.5 Å². The maximum absolute atomic E-state index is 14.1. The number of nitrogens with two attached hydrogens (primary N) is 1. The average molecular weight is 506 g/mol. The molecule has 0 aliphatic carbocycles. The van der Waals surface area contributed by atoms with Crippen molar-refractivity contribution in [2.75, 3.05) is 5.73 Å². The van der Waals surface area contributed by atoms with Gasteiger partial charge in [0.1, 0.15) is 12.4 Å². The summed E-state index contributed by atoms with van der Waals surface area (Å²) >= 11 is 0. The Morgan fingerprint density at radius 3 is 2.63 bits per heavy atom. The molecular weight excluding hydrogens is 476 g/mol. The Hall–Kier alpha value is -4.90. The van der Waals surface area contributed by atoms with Crippen molar-refractivity contribution in [3.63, 3.8) is 0 Å². The quantitative estimate of drug-likeness (QED) is 0.254. The van der Waals surface area contributed by atoms with Gasteiger partial charge in [-0.15, -0.1) is 4.52 Å². The van der Waals surface area contributed by atoms with E-state index in [2.05, 4.69) is 27.2 Å². The smallest absolute Gasteiger partial charge is 0.362 e. The van der Waals surface area contributed by atoms with Gasteiger partial charge in [-0.25, -0.2) is 5.10 Å². The van der Waals surface area contributed by atoms with Crippen LogP contribution in [0.5, 0.6) is 0 Å². The van der Waals surface area contributed by atoms with Crippen LogP contribution in [-0.2, 0) is 0 Å². The molecule has 0 aliphatic heterocycles. The number of anilines is 1. The minimum absolute atomic E-state index is 0.201. The highest BCUT2D eigenvalue weighted by Gasteiger charge is 2.27. The molecule has 5 aromatic rings. The van der Waals surface area contributed by atoms with Crippen LogP contribution < -0.4 is 21.1 Å². The third-order valence-corrected chi connectivity index (χ3v) is 6.16. The summed E-state index contributed by atoms with van der Waals surface area (Å²) < 4.78 is 3.23. The fourth-order valence-corrected chi connectivity index (χ4v) is 4.42. The normalized spacial score (nSPS) is 12.2. The summed E-state index contributed by atoms with van der Waals surface area (Å²) in [4.78, 5) is 31.8. The monoisotopic (exact) mass is 505 g/mol. The minimum Gasteiger partial charge on any atom is -0.382 e. The summed E-state index contributed by atoms with van der Waals surface area (Å²) in [6.07, 6.45) is 3.33. The maximum Gasteiger partial charge on any atom is 0.362 e. The zero-order valence-electron chi connectivity index (χ0n) is 21.7. The van der Waals surface area contributed by atoms with Crippen molar-refractivity contribution in [1.82, 2.24) is 20.0 Å². The molecule has 8 heteroatoms. The lowest BCUT2D eigenvalue weighted by molar-refractivity contribution is -0.577. The molecule has 190 valence electrons. The number of benzene rings is 2. The highest BCUT2D eigenvalue weighted by atomic mass is 16.2. The Labute approximate surface area is 220 Å². The highest BCUT2D eigenvalue weighted by Crippen LogP contribution is 2.24. The number of H-pyrrole nitrogens is 1. The Kier molecular flexibility index (Phi) is 6.21. The second kappa shape index (κ2) is 9.52. The van der Waals surface area contributed by atoms with E-state index in [4.69, 9.17) is 5.73 Å². The van der Waals surface area contributed by atoms with Crippen LogP contribution in [0.1, 0.15) is 55.4 Å². The fraction of sp³-hybridized carbons (Fsp3) is 0.200. The summed E-state index contributed by atoms with van der Waals surface area (Å²) in [6, 6.07) is 18.2. The van der Waals surface area contributed by atoms with E-state index in [9.17, 15) is 9.59 Å². The molecule has 0 fully saturated rings. The first-order chi connectivity index (χ1) is 18.1. The molecule has 1 atom stereocenters. The summed E-state index contributed by atoms with van der Waals surface area (Å²) in [6.45, 7) is 7.94. The van der Waals surface area contributed by atoms with E-state index in [1.54, 1.807) is 27.5 Å². The molecule has 3 aromatic heterocycles. The van der Waals surface area contributed by atoms with Gasteiger partial charge in [0.25, 0.3) is 11.5 Å². The van der Waals surface area contributed by atoms with Crippen molar-refractivity contribution < 1.29 is 9.31 Å². The number of hydrogen-bond acceptors (Lipinski definition) is 4. The fourth-order valence-electron chi connectivity index (χ4n) is 4.42. The van der Waals surface area contributed by atoms with E-state index in [1.807, 2.05) is 82.3 Å². The molecule has 5 rings (SSSR count). The van der Waals surface area contributed by atoms with E-state index in [-0.39, 0.29) is 22.4 Å². The lowest BCUT2D eigenvalue weighted by Gasteiger charge is -2.21.